The van der Waals surface area contributed by atoms with E-state index in [2.05, 4.69) is 15.0 Å². The lowest BCUT2D eigenvalue weighted by Gasteiger charge is -2.08. The van der Waals surface area contributed by atoms with Crippen molar-refractivity contribution in [3.05, 3.63) is 71.9 Å². The van der Waals surface area contributed by atoms with Gasteiger partial charge in [0.2, 0.25) is 10.0 Å². The van der Waals surface area contributed by atoms with Crippen LogP contribution in [0.15, 0.2) is 65.7 Å². The summed E-state index contributed by atoms with van der Waals surface area (Å²) in [5.41, 5.74) is 2.42. The number of hydrogen-bond acceptors (Lipinski definition) is 4. The van der Waals surface area contributed by atoms with E-state index >= 15 is 0 Å². The molecule has 0 fully saturated rings. The van der Waals surface area contributed by atoms with Crippen LogP contribution >= 0.6 is 0 Å². The lowest BCUT2D eigenvalue weighted by Crippen LogP contribution is -2.26. The van der Waals surface area contributed by atoms with Gasteiger partial charge in [-0.3, -0.25) is 9.78 Å². The molecule has 3 rings (SSSR count). The molecular weight excluding hydrogens is 350 g/mol. The molecule has 0 bridgehead atoms. The zero-order valence-electron chi connectivity index (χ0n) is 14.3. The van der Waals surface area contributed by atoms with Gasteiger partial charge in [0.15, 0.2) is 0 Å². The summed E-state index contributed by atoms with van der Waals surface area (Å²) in [6, 6.07) is 15.7. The van der Waals surface area contributed by atoms with Crippen molar-refractivity contribution in [1.82, 2.24) is 15.0 Å². The minimum absolute atomic E-state index is 0.123. The zero-order valence-corrected chi connectivity index (χ0v) is 15.1. The number of hydrogen-bond donors (Lipinski definition) is 2. The molecule has 0 aliphatic heterocycles. The summed E-state index contributed by atoms with van der Waals surface area (Å²) in [7, 11) is -2.16. The minimum Gasteiger partial charge on any atom is -0.352 e. The molecule has 0 unspecified atom stereocenters. The summed E-state index contributed by atoms with van der Waals surface area (Å²) in [5, 5.41) is 3.92. The molecule has 3 aromatic rings. The van der Waals surface area contributed by atoms with E-state index in [9.17, 15) is 13.2 Å². The molecule has 26 heavy (non-hydrogen) atoms. The molecule has 1 heterocycles. The van der Waals surface area contributed by atoms with E-state index in [-0.39, 0.29) is 10.8 Å². The Morgan fingerprint density at radius 2 is 1.77 bits per heavy atom. The van der Waals surface area contributed by atoms with Crippen molar-refractivity contribution >= 4 is 26.8 Å². The number of carbonyl (C=O) groups is 1. The third-order valence-corrected chi connectivity index (χ3v) is 5.52. The van der Waals surface area contributed by atoms with E-state index in [0.717, 1.165) is 16.5 Å². The fourth-order valence-electron chi connectivity index (χ4n) is 2.69. The molecule has 6 nitrogen and oxygen atoms in total. The fraction of sp³-hybridized carbons (Fsp3) is 0.158. The van der Waals surface area contributed by atoms with E-state index in [1.54, 1.807) is 6.20 Å². The quantitative estimate of drug-likeness (QED) is 0.697. The SMILES string of the molecule is CNS(=O)(=O)c1ccc(C(=O)NCCc2cccc3cccnc23)cc1. The minimum atomic E-state index is -3.50. The van der Waals surface area contributed by atoms with Gasteiger partial charge >= 0.3 is 0 Å². The Balaban J connectivity index is 1.64. The molecule has 0 radical (unpaired) electrons. The molecule has 0 saturated carbocycles. The molecular formula is C19H19N3O3S. The summed E-state index contributed by atoms with van der Waals surface area (Å²) in [6.07, 6.45) is 2.41. The van der Waals surface area contributed by atoms with Crippen LogP contribution in [-0.2, 0) is 16.4 Å². The fourth-order valence-corrected chi connectivity index (χ4v) is 3.42. The predicted molar refractivity (Wildman–Crippen MR) is 100 cm³/mol. The second-order valence-corrected chi connectivity index (χ2v) is 7.62. The lowest BCUT2D eigenvalue weighted by molar-refractivity contribution is 0.0954. The second kappa shape index (κ2) is 7.63. The normalized spacial score (nSPS) is 11.4. The van der Waals surface area contributed by atoms with E-state index in [1.807, 2.05) is 30.3 Å². The first-order chi connectivity index (χ1) is 12.5. The van der Waals surface area contributed by atoms with E-state index in [0.29, 0.717) is 18.5 Å². The smallest absolute Gasteiger partial charge is 0.251 e. The number of sulfonamides is 1. The lowest BCUT2D eigenvalue weighted by atomic mass is 10.1. The molecule has 2 aromatic carbocycles. The van der Waals surface area contributed by atoms with Crippen molar-refractivity contribution in [2.45, 2.75) is 11.3 Å². The Morgan fingerprint density at radius 1 is 1.04 bits per heavy atom. The first-order valence-corrected chi connectivity index (χ1v) is 9.64. The molecule has 1 amide bonds. The van der Waals surface area contributed by atoms with Crippen LogP contribution in [0.1, 0.15) is 15.9 Å². The number of rotatable bonds is 6. The standard InChI is InChI=1S/C19H19N3O3S/c1-20-26(24,25)17-9-7-16(8-10-17)19(23)22-13-11-15-5-2-4-14-6-3-12-21-18(14)15/h2-10,12,20H,11,13H2,1H3,(H,22,23). The molecule has 0 saturated heterocycles. The van der Waals surface area contributed by atoms with E-state index in [1.165, 1.54) is 31.3 Å². The molecule has 2 N–H and O–H groups in total. The number of nitrogens with one attached hydrogen (secondary N) is 2. The number of amides is 1. The van der Waals surface area contributed by atoms with Crippen LogP contribution in [0.2, 0.25) is 0 Å². The average Bonchev–Trinajstić information content (AvgIpc) is 2.68. The highest BCUT2D eigenvalue weighted by molar-refractivity contribution is 7.89. The molecule has 7 heteroatoms. The van der Waals surface area contributed by atoms with Crippen molar-refractivity contribution in [3.8, 4) is 0 Å². The predicted octanol–water partition coefficient (Wildman–Crippen LogP) is 2.12. The van der Waals surface area contributed by atoms with Crippen molar-refractivity contribution in [1.29, 1.82) is 0 Å². The van der Waals surface area contributed by atoms with Crippen LogP contribution in [0.3, 0.4) is 0 Å². The molecule has 1 aromatic heterocycles. The summed E-state index contributed by atoms with van der Waals surface area (Å²) < 4.78 is 25.6. The highest BCUT2D eigenvalue weighted by Crippen LogP contribution is 2.16. The Morgan fingerprint density at radius 3 is 2.50 bits per heavy atom. The van der Waals surface area contributed by atoms with Crippen molar-refractivity contribution in [3.63, 3.8) is 0 Å². The Hall–Kier alpha value is -2.77. The van der Waals surface area contributed by atoms with Crippen LogP contribution in [0, 0.1) is 0 Å². The number of fused-ring (bicyclic) bond motifs is 1. The van der Waals surface area contributed by atoms with Crippen LogP contribution in [0.5, 0.6) is 0 Å². The van der Waals surface area contributed by atoms with E-state index < -0.39 is 10.0 Å². The first-order valence-electron chi connectivity index (χ1n) is 8.16. The first kappa shape index (κ1) is 18.0. The van der Waals surface area contributed by atoms with Gasteiger partial charge in [-0.05, 0) is 49.4 Å². The van der Waals surface area contributed by atoms with Gasteiger partial charge in [-0.25, -0.2) is 13.1 Å². The second-order valence-electron chi connectivity index (χ2n) is 5.73. The topological polar surface area (TPSA) is 88.2 Å². The van der Waals surface area contributed by atoms with Crippen LogP contribution in [-0.4, -0.2) is 32.9 Å². The average molecular weight is 369 g/mol. The number of pyridine rings is 1. The number of carbonyl (C=O) groups excluding carboxylic acids is 1. The number of para-hydroxylation sites is 1. The van der Waals surface area contributed by atoms with Crippen LogP contribution in [0.4, 0.5) is 0 Å². The summed E-state index contributed by atoms with van der Waals surface area (Å²) in [4.78, 5) is 16.8. The number of aromatic nitrogens is 1. The molecule has 0 aliphatic rings. The number of nitrogens with zero attached hydrogens (tertiary/aromatic N) is 1. The third-order valence-electron chi connectivity index (χ3n) is 4.09. The number of benzene rings is 2. The summed E-state index contributed by atoms with van der Waals surface area (Å²) >= 11 is 0. The zero-order chi connectivity index (χ0) is 18.6. The highest BCUT2D eigenvalue weighted by atomic mass is 32.2. The van der Waals surface area contributed by atoms with Gasteiger partial charge in [0.1, 0.15) is 0 Å². The van der Waals surface area contributed by atoms with Gasteiger partial charge in [-0.15, -0.1) is 0 Å². The maximum atomic E-state index is 12.2. The molecule has 0 atom stereocenters. The maximum Gasteiger partial charge on any atom is 0.251 e. The Bertz CT molecular complexity index is 1030. The summed E-state index contributed by atoms with van der Waals surface area (Å²) in [6.45, 7) is 0.463. The monoisotopic (exact) mass is 369 g/mol. The summed E-state index contributed by atoms with van der Waals surface area (Å²) in [5.74, 6) is -0.244. The van der Waals surface area contributed by atoms with Gasteiger partial charge in [0.25, 0.3) is 5.91 Å². The van der Waals surface area contributed by atoms with Gasteiger partial charge in [0.05, 0.1) is 10.4 Å². The third kappa shape index (κ3) is 3.89. The maximum absolute atomic E-state index is 12.2. The van der Waals surface area contributed by atoms with Crippen molar-refractivity contribution < 1.29 is 13.2 Å². The van der Waals surface area contributed by atoms with Crippen molar-refractivity contribution in [2.75, 3.05) is 13.6 Å². The van der Waals surface area contributed by atoms with Crippen LogP contribution in [0.25, 0.3) is 10.9 Å². The molecule has 134 valence electrons. The van der Waals surface area contributed by atoms with Gasteiger partial charge in [-0.1, -0.05) is 24.3 Å². The van der Waals surface area contributed by atoms with Gasteiger partial charge < -0.3 is 5.32 Å². The van der Waals surface area contributed by atoms with Gasteiger partial charge in [0, 0.05) is 23.7 Å². The largest absolute Gasteiger partial charge is 0.352 e. The van der Waals surface area contributed by atoms with Crippen molar-refractivity contribution in [2.24, 2.45) is 0 Å². The van der Waals surface area contributed by atoms with Gasteiger partial charge in [-0.2, -0.15) is 0 Å². The van der Waals surface area contributed by atoms with Crippen LogP contribution < -0.4 is 10.0 Å². The molecule has 0 aliphatic carbocycles. The Labute approximate surface area is 152 Å². The highest BCUT2D eigenvalue weighted by Gasteiger charge is 2.12. The van der Waals surface area contributed by atoms with E-state index in [4.69, 9.17) is 0 Å². The Kier molecular flexibility index (Phi) is 5.29. The molecule has 0 spiro atoms.